The van der Waals surface area contributed by atoms with Crippen molar-refractivity contribution in [2.75, 3.05) is 11.9 Å². The van der Waals surface area contributed by atoms with Crippen LogP contribution in [0.1, 0.15) is 18.1 Å². The summed E-state index contributed by atoms with van der Waals surface area (Å²) in [5.74, 6) is 0.395. The van der Waals surface area contributed by atoms with Gasteiger partial charge >= 0.3 is 0 Å². The van der Waals surface area contributed by atoms with Crippen LogP contribution in [0, 0.1) is 3.57 Å². The number of phenols is 1. The molecule has 0 aromatic heterocycles. The maximum absolute atomic E-state index is 12.2. The van der Waals surface area contributed by atoms with Crippen LogP contribution in [0.5, 0.6) is 11.5 Å². The molecule has 2 aromatic rings. The van der Waals surface area contributed by atoms with Crippen molar-refractivity contribution in [1.82, 2.24) is 0 Å². The summed E-state index contributed by atoms with van der Waals surface area (Å²) in [6.45, 7) is 2.32. The Bertz CT molecular complexity index is 833. The zero-order valence-corrected chi connectivity index (χ0v) is 15.9. The van der Waals surface area contributed by atoms with Crippen LogP contribution in [0.25, 0.3) is 11.6 Å². The van der Waals surface area contributed by atoms with Crippen molar-refractivity contribution in [3.63, 3.8) is 0 Å². The Morgan fingerprint density at radius 2 is 2.13 bits per heavy atom. The van der Waals surface area contributed by atoms with Gasteiger partial charge in [-0.25, -0.2) is 0 Å². The number of halogens is 2. The number of rotatable bonds is 3. The second kappa shape index (κ2) is 6.52. The number of hydrogen-bond donors (Lipinski definition) is 2. The molecule has 0 unspecified atom stereocenters. The molecule has 23 heavy (non-hydrogen) atoms. The number of aromatic hydroxyl groups is 1. The highest BCUT2D eigenvalue weighted by molar-refractivity contribution is 14.1. The van der Waals surface area contributed by atoms with Gasteiger partial charge in [0.05, 0.1) is 10.2 Å². The average molecular weight is 486 g/mol. The molecule has 0 atom stereocenters. The Kier molecular flexibility index (Phi) is 4.63. The van der Waals surface area contributed by atoms with Crippen molar-refractivity contribution in [3.8, 4) is 11.5 Å². The predicted octanol–water partition coefficient (Wildman–Crippen LogP) is 4.65. The fourth-order valence-corrected chi connectivity index (χ4v) is 3.40. The standard InChI is InChI=1S/C17H13BrINO3/c1-2-23-15-7-9(6-13(19)16(15)21)5-12-11-8-10(18)3-4-14(11)20-17(12)22/h3-8,21H,2H2,1H3,(H,20,22)/b12-5-. The molecule has 3 rings (SSSR count). The Hall–Kier alpha value is -1.54. The molecule has 0 radical (unpaired) electrons. The molecule has 0 aliphatic carbocycles. The van der Waals surface area contributed by atoms with Crippen LogP contribution in [0.3, 0.4) is 0 Å². The Morgan fingerprint density at radius 3 is 2.87 bits per heavy atom. The first-order chi connectivity index (χ1) is 11.0. The van der Waals surface area contributed by atoms with E-state index in [0.717, 1.165) is 21.3 Å². The van der Waals surface area contributed by atoms with Crippen molar-refractivity contribution in [1.29, 1.82) is 0 Å². The molecule has 2 N–H and O–H groups in total. The molecule has 0 bridgehead atoms. The molecule has 0 saturated carbocycles. The lowest BCUT2D eigenvalue weighted by atomic mass is 10.0. The lowest BCUT2D eigenvalue weighted by Crippen LogP contribution is -2.03. The maximum Gasteiger partial charge on any atom is 0.256 e. The first kappa shape index (κ1) is 16.3. The molecule has 2 aromatic carbocycles. The number of ether oxygens (including phenoxy) is 1. The van der Waals surface area contributed by atoms with Crippen LogP contribution < -0.4 is 10.1 Å². The van der Waals surface area contributed by atoms with Gasteiger partial charge < -0.3 is 15.2 Å². The van der Waals surface area contributed by atoms with E-state index >= 15 is 0 Å². The number of amides is 1. The highest BCUT2D eigenvalue weighted by Gasteiger charge is 2.24. The highest BCUT2D eigenvalue weighted by Crippen LogP contribution is 2.37. The van der Waals surface area contributed by atoms with Crippen molar-refractivity contribution < 1.29 is 14.6 Å². The second-order valence-electron chi connectivity index (χ2n) is 4.98. The Labute approximate surface area is 155 Å². The molecule has 6 heteroatoms. The quantitative estimate of drug-likeness (QED) is 0.491. The summed E-state index contributed by atoms with van der Waals surface area (Å²) in [4.78, 5) is 12.2. The summed E-state index contributed by atoms with van der Waals surface area (Å²) in [7, 11) is 0. The Balaban J connectivity index is 2.09. The van der Waals surface area contributed by atoms with Gasteiger partial charge in [0.2, 0.25) is 0 Å². The van der Waals surface area contributed by atoms with Crippen LogP contribution in [-0.4, -0.2) is 17.6 Å². The number of anilines is 1. The third kappa shape index (κ3) is 3.23. The monoisotopic (exact) mass is 485 g/mol. The van der Waals surface area contributed by atoms with E-state index in [-0.39, 0.29) is 11.7 Å². The lowest BCUT2D eigenvalue weighted by Gasteiger charge is -2.09. The van der Waals surface area contributed by atoms with Crippen LogP contribution in [-0.2, 0) is 4.79 Å². The third-order valence-electron chi connectivity index (χ3n) is 3.43. The summed E-state index contributed by atoms with van der Waals surface area (Å²) < 4.78 is 7.03. The van der Waals surface area contributed by atoms with Crippen LogP contribution >= 0.6 is 38.5 Å². The molecule has 0 fully saturated rings. The molecule has 1 heterocycles. The molecule has 1 amide bonds. The van der Waals surface area contributed by atoms with E-state index in [0.29, 0.717) is 21.5 Å². The molecular formula is C17H13BrINO3. The van der Waals surface area contributed by atoms with Crippen molar-refractivity contribution >= 4 is 61.8 Å². The second-order valence-corrected chi connectivity index (χ2v) is 7.06. The van der Waals surface area contributed by atoms with Crippen LogP contribution in [0.15, 0.2) is 34.8 Å². The SMILES string of the molecule is CCOc1cc(/C=C2\C(=O)Nc3ccc(Br)cc32)cc(I)c1O. The van der Waals surface area contributed by atoms with Gasteiger partial charge in [-0.2, -0.15) is 0 Å². The topological polar surface area (TPSA) is 58.6 Å². The van der Waals surface area contributed by atoms with Gasteiger partial charge in [-0.05, 0) is 71.5 Å². The van der Waals surface area contributed by atoms with Gasteiger partial charge in [0, 0.05) is 21.3 Å². The number of benzene rings is 2. The minimum Gasteiger partial charge on any atom is -0.504 e. The summed E-state index contributed by atoms with van der Waals surface area (Å²) in [6, 6.07) is 9.21. The van der Waals surface area contributed by atoms with E-state index in [9.17, 15) is 9.90 Å². The fraction of sp³-hybridized carbons (Fsp3) is 0.118. The number of carbonyl (C=O) groups is 1. The number of hydrogen-bond acceptors (Lipinski definition) is 3. The smallest absolute Gasteiger partial charge is 0.256 e. The Morgan fingerprint density at radius 1 is 1.35 bits per heavy atom. The van der Waals surface area contributed by atoms with Gasteiger partial charge in [-0.3, -0.25) is 4.79 Å². The van der Waals surface area contributed by atoms with E-state index in [1.54, 1.807) is 12.1 Å². The number of phenolic OH excluding ortho intramolecular Hbond substituents is 1. The summed E-state index contributed by atoms with van der Waals surface area (Å²) in [5.41, 5.74) is 3.03. The molecule has 0 spiro atoms. The highest BCUT2D eigenvalue weighted by atomic mass is 127. The lowest BCUT2D eigenvalue weighted by molar-refractivity contribution is -0.110. The maximum atomic E-state index is 12.2. The normalized spacial score (nSPS) is 14.7. The number of carbonyl (C=O) groups excluding carboxylic acids is 1. The number of nitrogens with one attached hydrogen (secondary N) is 1. The molecule has 1 aliphatic heterocycles. The largest absolute Gasteiger partial charge is 0.504 e. The summed E-state index contributed by atoms with van der Waals surface area (Å²) in [5, 5.41) is 12.9. The van der Waals surface area contributed by atoms with E-state index in [1.165, 1.54) is 0 Å². The van der Waals surface area contributed by atoms with Crippen molar-refractivity contribution in [2.24, 2.45) is 0 Å². The van der Waals surface area contributed by atoms with Crippen molar-refractivity contribution in [3.05, 3.63) is 49.5 Å². The third-order valence-corrected chi connectivity index (χ3v) is 4.74. The van der Waals surface area contributed by atoms with Gasteiger partial charge in [-0.15, -0.1) is 0 Å². The first-order valence-electron chi connectivity index (χ1n) is 6.98. The van der Waals surface area contributed by atoms with Gasteiger partial charge in [-0.1, -0.05) is 15.9 Å². The zero-order valence-electron chi connectivity index (χ0n) is 12.2. The average Bonchev–Trinajstić information content (AvgIpc) is 2.80. The van der Waals surface area contributed by atoms with E-state index in [2.05, 4.69) is 21.2 Å². The molecule has 118 valence electrons. The number of fused-ring (bicyclic) bond motifs is 1. The van der Waals surface area contributed by atoms with Gasteiger partial charge in [0.25, 0.3) is 5.91 Å². The minimum atomic E-state index is -0.140. The van der Waals surface area contributed by atoms with Crippen LogP contribution in [0.2, 0.25) is 0 Å². The van der Waals surface area contributed by atoms with Crippen molar-refractivity contribution in [2.45, 2.75) is 6.92 Å². The molecular weight excluding hydrogens is 473 g/mol. The van der Waals surface area contributed by atoms with Gasteiger partial charge in [0.15, 0.2) is 11.5 Å². The van der Waals surface area contributed by atoms with E-state index < -0.39 is 0 Å². The summed E-state index contributed by atoms with van der Waals surface area (Å²) >= 11 is 5.48. The molecule has 4 nitrogen and oxygen atoms in total. The predicted molar refractivity (Wildman–Crippen MR) is 103 cm³/mol. The summed E-state index contributed by atoms with van der Waals surface area (Å²) in [6.07, 6.45) is 1.80. The van der Waals surface area contributed by atoms with E-state index in [1.807, 2.05) is 53.8 Å². The van der Waals surface area contributed by atoms with E-state index in [4.69, 9.17) is 4.74 Å². The fourth-order valence-electron chi connectivity index (χ4n) is 2.41. The first-order valence-corrected chi connectivity index (χ1v) is 8.85. The molecule has 1 aliphatic rings. The van der Waals surface area contributed by atoms with Gasteiger partial charge in [0.1, 0.15) is 0 Å². The van der Waals surface area contributed by atoms with Crippen LogP contribution in [0.4, 0.5) is 5.69 Å². The molecule has 0 saturated heterocycles. The zero-order chi connectivity index (χ0) is 16.6. The minimum absolute atomic E-state index is 0.119.